The number of aromatic nitrogens is 2. The predicted molar refractivity (Wildman–Crippen MR) is 140 cm³/mol. The van der Waals surface area contributed by atoms with Crippen LogP contribution in [0.4, 0.5) is 0 Å². The number of nitrogens with zero attached hydrogens (tertiary/aromatic N) is 3. The van der Waals surface area contributed by atoms with E-state index in [0.717, 1.165) is 41.7 Å². The summed E-state index contributed by atoms with van der Waals surface area (Å²) in [6.45, 7) is 3.12. The van der Waals surface area contributed by atoms with Gasteiger partial charge in [-0.3, -0.25) is 19.0 Å². The first-order valence-electron chi connectivity index (χ1n) is 12.3. The second-order valence-corrected chi connectivity index (χ2v) is 11.4. The van der Waals surface area contributed by atoms with Gasteiger partial charge in [0.2, 0.25) is 11.8 Å². The van der Waals surface area contributed by atoms with E-state index in [4.69, 9.17) is 4.98 Å². The van der Waals surface area contributed by atoms with Crippen molar-refractivity contribution in [3.05, 3.63) is 56.7 Å². The van der Waals surface area contributed by atoms with Crippen molar-refractivity contribution >= 4 is 45.1 Å². The molecule has 9 heteroatoms. The minimum Gasteiger partial charge on any atom is -0.353 e. The number of thiophene rings is 1. The van der Waals surface area contributed by atoms with Crippen molar-refractivity contribution in [3.8, 4) is 0 Å². The van der Waals surface area contributed by atoms with Gasteiger partial charge in [-0.15, -0.1) is 11.3 Å². The molecule has 184 valence electrons. The summed E-state index contributed by atoms with van der Waals surface area (Å²) in [7, 11) is 0. The number of rotatable bonds is 6. The quantitative estimate of drug-likeness (QED) is 0.401. The fraction of sp³-hybridized carbons (Fsp3) is 0.462. The molecule has 0 saturated heterocycles. The number of nitrogens with one attached hydrogen (secondary N) is 1. The van der Waals surface area contributed by atoms with Crippen molar-refractivity contribution in [2.75, 3.05) is 12.3 Å². The van der Waals surface area contributed by atoms with E-state index >= 15 is 0 Å². The van der Waals surface area contributed by atoms with Crippen LogP contribution in [0.5, 0.6) is 0 Å². The number of fused-ring (bicyclic) bond motifs is 3. The molecule has 2 aliphatic rings. The maximum absolute atomic E-state index is 13.8. The lowest BCUT2D eigenvalue weighted by Crippen LogP contribution is -2.37. The summed E-state index contributed by atoms with van der Waals surface area (Å²) < 4.78 is 1.71. The van der Waals surface area contributed by atoms with Gasteiger partial charge < -0.3 is 10.2 Å². The highest BCUT2D eigenvalue weighted by Gasteiger charge is 2.26. The van der Waals surface area contributed by atoms with E-state index in [1.165, 1.54) is 29.5 Å². The minimum atomic E-state index is -0.0668. The number of carbonyl (C=O) groups is 2. The van der Waals surface area contributed by atoms with E-state index < -0.39 is 0 Å². The van der Waals surface area contributed by atoms with Crippen LogP contribution in [0.3, 0.4) is 0 Å². The summed E-state index contributed by atoms with van der Waals surface area (Å²) in [6, 6.07) is 10.1. The van der Waals surface area contributed by atoms with Gasteiger partial charge in [0.15, 0.2) is 5.16 Å². The molecule has 0 atom stereocenters. The van der Waals surface area contributed by atoms with Crippen molar-refractivity contribution in [2.45, 2.75) is 69.7 Å². The third-order valence-electron chi connectivity index (χ3n) is 6.86. The molecule has 1 aliphatic heterocycles. The number of hydrogen-bond acceptors (Lipinski definition) is 6. The van der Waals surface area contributed by atoms with E-state index in [9.17, 15) is 14.4 Å². The van der Waals surface area contributed by atoms with Gasteiger partial charge >= 0.3 is 0 Å². The lowest BCUT2D eigenvalue weighted by molar-refractivity contribution is -0.129. The first kappa shape index (κ1) is 24.1. The van der Waals surface area contributed by atoms with E-state index in [-0.39, 0.29) is 29.2 Å². The summed E-state index contributed by atoms with van der Waals surface area (Å²) in [5.41, 5.74) is 1.97. The highest BCUT2D eigenvalue weighted by molar-refractivity contribution is 7.99. The first-order valence-corrected chi connectivity index (χ1v) is 14.1. The van der Waals surface area contributed by atoms with Gasteiger partial charge in [-0.2, -0.15) is 0 Å². The molecule has 0 radical (unpaired) electrons. The van der Waals surface area contributed by atoms with Gasteiger partial charge in [0, 0.05) is 24.4 Å². The van der Waals surface area contributed by atoms with E-state index in [0.29, 0.717) is 41.4 Å². The Bertz CT molecular complexity index is 1300. The first-order chi connectivity index (χ1) is 17.0. The zero-order valence-corrected chi connectivity index (χ0v) is 21.6. The lowest BCUT2D eigenvalue weighted by Gasteiger charge is -2.25. The molecular formula is C26H30N4O3S2. The van der Waals surface area contributed by atoms with Crippen LogP contribution in [-0.2, 0) is 29.1 Å². The van der Waals surface area contributed by atoms with Crippen molar-refractivity contribution in [2.24, 2.45) is 0 Å². The Morgan fingerprint density at radius 1 is 1.17 bits per heavy atom. The predicted octanol–water partition coefficient (Wildman–Crippen LogP) is 3.95. The molecule has 0 unspecified atom stereocenters. The van der Waals surface area contributed by atoms with Crippen molar-refractivity contribution in [3.63, 3.8) is 0 Å². The Morgan fingerprint density at radius 3 is 2.69 bits per heavy atom. The molecular weight excluding hydrogens is 480 g/mol. The number of amides is 2. The molecule has 5 rings (SSSR count). The number of carbonyl (C=O) groups excluding carboxylic acids is 2. The summed E-state index contributed by atoms with van der Waals surface area (Å²) >= 11 is 2.82. The molecule has 3 heterocycles. The monoisotopic (exact) mass is 510 g/mol. The summed E-state index contributed by atoms with van der Waals surface area (Å²) in [6.07, 6.45) is 6.31. The maximum atomic E-state index is 13.8. The standard InChI is InChI=1S/C26H30N4O3S2/c1-17(31)29-13-12-20-21(15-29)35-24-23(20)25(33)30(14-18-8-4-2-5-9-18)26(28-24)34-16-22(32)27-19-10-6-3-7-11-19/h2,4-5,8-9,19H,3,6-7,10-16H2,1H3,(H,27,32). The molecule has 1 aromatic carbocycles. The molecule has 2 aromatic heterocycles. The molecule has 7 nitrogen and oxygen atoms in total. The second-order valence-electron chi connectivity index (χ2n) is 9.34. The maximum Gasteiger partial charge on any atom is 0.263 e. The van der Waals surface area contributed by atoms with Crippen LogP contribution in [-0.4, -0.2) is 44.6 Å². The van der Waals surface area contributed by atoms with Gasteiger partial charge in [-0.05, 0) is 30.4 Å². The third-order valence-corrected chi connectivity index (χ3v) is 8.94. The van der Waals surface area contributed by atoms with E-state index in [2.05, 4.69) is 5.32 Å². The van der Waals surface area contributed by atoms with E-state index in [1.807, 2.05) is 35.2 Å². The zero-order valence-electron chi connectivity index (χ0n) is 19.9. The van der Waals surface area contributed by atoms with E-state index in [1.54, 1.807) is 11.5 Å². The smallest absolute Gasteiger partial charge is 0.263 e. The molecule has 1 saturated carbocycles. The average Bonchev–Trinajstić information content (AvgIpc) is 3.23. The molecule has 1 fully saturated rings. The molecule has 35 heavy (non-hydrogen) atoms. The number of hydrogen-bond donors (Lipinski definition) is 1. The third kappa shape index (κ3) is 5.30. The Labute approximate surface area is 212 Å². The van der Waals surface area contributed by atoms with Gasteiger partial charge in [-0.1, -0.05) is 61.4 Å². The summed E-state index contributed by atoms with van der Waals surface area (Å²) in [4.78, 5) is 46.8. The van der Waals surface area contributed by atoms with Gasteiger partial charge in [0.25, 0.3) is 5.56 Å². The number of benzene rings is 1. The lowest BCUT2D eigenvalue weighted by atomic mass is 9.95. The van der Waals surface area contributed by atoms with Crippen LogP contribution >= 0.6 is 23.1 Å². The topological polar surface area (TPSA) is 84.3 Å². The van der Waals surface area contributed by atoms with Gasteiger partial charge in [0.05, 0.1) is 24.2 Å². The van der Waals surface area contributed by atoms with Crippen molar-refractivity contribution in [1.82, 2.24) is 19.8 Å². The largest absolute Gasteiger partial charge is 0.353 e. The molecule has 0 spiro atoms. The minimum absolute atomic E-state index is 0.00918. The van der Waals surface area contributed by atoms with Crippen LogP contribution < -0.4 is 10.9 Å². The summed E-state index contributed by atoms with van der Waals surface area (Å²) in [5, 5.41) is 4.38. The Morgan fingerprint density at radius 2 is 1.94 bits per heavy atom. The second kappa shape index (κ2) is 10.5. The number of thioether (sulfide) groups is 1. The molecule has 1 N–H and O–H groups in total. The van der Waals surface area contributed by atoms with Crippen LogP contribution in [0, 0.1) is 0 Å². The molecule has 1 aliphatic carbocycles. The SMILES string of the molecule is CC(=O)N1CCc2c(sc3nc(SCC(=O)NC4CCCCC4)n(Cc4ccccc4)c(=O)c23)C1. The van der Waals surface area contributed by atoms with Crippen LogP contribution in [0.1, 0.15) is 55.0 Å². The Kier molecular flexibility index (Phi) is 7.24. The fourth-order valence-corrected chi connectivity index (χ4v) is 7.07. The van der Waals surface area contributed by atoms with Crippen molar-refractivity contribution < 1.29 is 9.59 Å². The molecule has 3 aromatic rings. The Balaban J connectivity index is 1.46. The fourth-order valence-electron chi connectivity index (χ4n) is 4.99. The molecule has 0 bridgehead atoms. The Hall–Kier alpha value is -2.65. The van der Waals surface area contributed by atoms with Gasteiger partial charge in [-0.25, -0.2) is 4.98 Å². The van der Waals surface area contributed by atoms with Crippen molar-refractivity contribution in [1.29, 1.82) is 0 Å². The highest BCUT2D eigenvalue weighted by atomic mass is 32.2. The normalized spacial score (nSPS) is 16.3. The van der Waals surface area contributed by atoms with Gasteiger partial charge in [0.1, 0.15) is 4.83 Å². The van der Waals surface area contributed by atoms with Crippen LogP contribution in [0.25, 0.3) is 10.2 Å². The molecule has 2 amide bonds. The summed E-state index contributed by atoms with van der Waals surface area (Å²) in [5.74, 6) is 0.264. The highest BCUT2D eigenvalue weighted by Crippen LogP contribution is 2.34. The zero-order chi connectivity index (χ0) is 24.4. The van der Waals surface area contributed by atoms with Crippen LogP contribution in [0.15, 0.2) is 40.3 Å². The average molecular weight is 511 g/mol. The van der Waals surface area contributed by atoms with Crippen LogP contribution in [0.2, 0.25) is 0 Å².